The molecule has 19 heavy (non-hydrogen) atoms. The van der Waals surface area contributed by atoms with Gasteiger partial charge in [0, 0.05) is 0 Å². The Labute approximate surface area is 104 Å². The zero-order chi connectivity index (χ0) is 14.3. The van der Waals surface area contributed by atoms with Gasteiger partial charge in [-0.2, -0.15) is 26.3 Å². The van der Waals surface area contributed by atoms with E-state index in [1.165, 1.54) is 0 Å². The van der Waals surface area contributed by atoms with E-state index >= 15 is 0 Å². The van der Waals surface area contributed by atoms with Crippen molar-refractivity contribution in [2.75, 3.05) is 13.2 Å². The minimum atomic E-state index is -4.87. The molecule has 1 heterocycles. The molecule has 1 aliphatic heterocycles. The van der Waals surface area contributed by atoms with Crippen LogP contribution in [-0.2, 0) is 21.7 Å². The third kappa shape index (κ3) is 3.21. The molecule has 0 radical (unpaired) electrons. The van der Waals surface area contributed by atoms with Crippen molar-refractivity contribution >= 4 is 12.6 Å². The average molecular weight is 284 g/mol. The average Bonchev–Trinajstić information content (AvgIpc) is 2.79. The molecule has 0 amide bonds. The molecule has 1 aromatic rings. The van der Waals surface area contributed by atoms with Crippen LogP contribution in [0.1, 0.15) is 11.1 Å². The Balaban J connectivity index is 2.48. The lowest BCUT2D eigenvalue weighted by Crippen LogP contribution is -2.33. The first kappa shape index (κ1) is 14.2. The zero-order valence-electron chi connectivity index (χ0n) is 9.31. The van der Waals surface area contributed by atoms with E-state index in [9.17, 15) is 26.3 Å². The van der Waals surface area contributed by atoms with Gasteiger partial charge in [0.1, 0.15) is 0 Å². The van der Waals surface area contributed by atoms with Crippen molar-refractivity contribution in [1.29, 1.82) is 0 Å². The largest absolute Gasteiger partial charge is 0.494 e. The lowest BCUT2D eigenvalue weighted by molar-refractivity contribution is -0.142. The van der Waals surface area contributed by atoms with E-state index in [1.807, 2.05) is 0 Å². The maximum atomic E-state index is 12.6. The van der Waals surface area contributed by atoms with Crippen LogP contribution in [0.15, 0.2) is 18.2 Å². The number of halogens is 6. The summed E-state index contributed by atoms with van der Waals surface area (Å²) in [7, 11) is -1.19. The van der Waals surface area contributed by atoms with Crippen LogP contribution in [0.4, 0.5) is 26.3 Å². The predicted molar refractivity (Wildman–Crippen MR) is 53.7 cm³/mol. The fourth-order valence-corrected chi connectivity index (χ4v) is 1.67. The summed E-state index contributed by atoms with van der Waals surface area (Å²) >= 11 is 0. The summed E-state index contributed by atoms with van der Waals surface area (Å²) in [4.78, 5) is 0. The van der Waals surface area contributed by atoms with E-state index < -0.39 is 30.6 Å². The maximum Gasteiger partial charge on any atom is 0.494 e. The highest BCUT2D eigenvalue weighted by Gasteiger charge is 2.39. The summed E-state index contributed by atoms with van der Waals surface area (Å²) in [6.45, 7) is 0.254. The third-order valence-electron chi connectivity index (χ3n) is 2.50. The molecule has 0 spiro atoms. The molecule has 1 aliphatic rings. The smallest absolute Gasteiger partial charge is 0.405 e. The Morgan fingerprint density at radius 1 is 0.789 bits per heavy atom. The van der Waals surface area contributed by atoms with Gasteiger partial charge in [-0.25, -0.2) is 0 Å². The van der Waals surface area contributed by atoms with Crippen LogP contribution in [0.25, 0.3) is 0 Å². The molecule has 0 N–H and O–H groups in total. The van der Waals surface area contributed by atoms with Crippen LogP contribution >= 0.6 is 0 Å². The molecular weight excluding hydrogens is 277 g/mol. The Hall–Kier alpha value is -1.22. The van der Waals surface area contributed by atoms with Gasteiger partial charge in [-0.15, -0.1) is 0 Å². The molecule has 0 atom stereocenters. The molecule has 2 nitrogen and oxygen atoms in total. The van der Waals surface area contributed by atoms with Crippen molar-refractivity contribution < 1.29 is 35.7 Å². The molecule has 1 saturated heterocycles. The normalized spacial score (nSPS) is 17.1. The van der Waals surface area contributed by atoms with E-state index in [1.54, 1.807) is 0 Å². The van der Waals surface area contributed by atoms with Crippen LogP contribution in [0.3, 0.4) is 0 Å². The lowest BCUT2D eigenvalue weighted by Gasteiger charge is -2.14. The molecule has 0 aliphatic carbocycles. The molecule has 1 aromatic carbocycles. The SMILES string of the molecule is FC(F)(F)c1cc(B2OCCO2)cc(C(F)(F)F)c1. The fourth-order valence-electron chi connectivity index (χ4n) is 1.67. The van der Waals surface area contributed by atoms with Crippen LogP contribution in [0, 0.1) is 0 Å². The number of hydrogen-bond acceptors (Lipinski definition) is 2. The third-order valence-corrected chi connectivity index (χ3v) is 2.50. The van der Waals surface area contributed by atoms with E-state index in [-0.39, 0.29) is 24.7 Å². The van der Waals surface area contributed by atoms with Crippen LogP contribution < -0.4 is 5.46 Å². The van der Waals surface area contributed by atoms with Gasteiger partial charge in [0.25, 0.3) is 0 Å². The number of hydrogen-bond donors (Lipinski definition) is 0. The van der Waals surface area contributed by atoms with Crippen molar-refractivity contribution in [3.05, 3.63) is 29.3 Å². The Bertz CT molecular complexity index is 432. The van der Waals surface area contributed by atoms with Crippen molar-refractivity contribution in [3.63, 3.8) is 0 Å². The van der Waals surface area contributed by atoms with Crippen molar-refractivity contribution in [2.45, 2.75) is 12.4 Å². The fraction of sp³-hybridized carbons (Fsp3) is 0.400. The molecule has 1 fully saturated rings. The van der Waals surface area contributed by atoms with Crippen molar-refractivity contribution in [2.24, 2.45) is 0 Å². The standard InChI is InChI=1S/C10H7BF6O2/c12-9(13,14)6-3-7(10(15,16)17)5-8(4-6)11-18-1-2-19-11/h3-5H,1-2H2. The second-order valence-corrected chi connectivity index (χ2v) is 3.91. The van der Waals surface area contributed by atoms with Gasteiger partial charge in [0.15, 0.2) is 0 Å². The van der Waals surface area contributed by atoms with E-state index in [0.717, 1.165) is 0 Å². The maximum absolute atomic E-state index is 12.6. The van der Waals surface area contributed by atoms with Crippen LogP contribution in [-0.4, -0.2) is 20.3 Å². The van der Waals surface area contributed by atoms with Gasteiger partial charge in [-0.1, -0.05) is 12.1 Å². The minimum absolute atomic E-state index is 0.0679. The number of rotatable bonds is 1. The molecule has 0 saturated carbocycles. The summed E-state index contributed by atoms with van der Waals surface area (Å²) in [5.74, 6) is 0. The zero-order valence-corrected chi connectivity index (χ0v) is 9.31. The highest BCUT2D eigenvalue weighted by molar-refractivity contribution is 6.61. The second kappa shape index (κ2) is 4.71. The first-order valence-corrected chi connectivity index (χ1v) is 5.20. The highest BCUT2D eigenvalue weighted by Crippen LogP contribution is 2.34. The summed E-state index contributed by atoms with van der Waals surface area (Å²) in [5.41, 5.74) is -3.05. The molecule has 0 bridgehead atoms. The van der Waals surface area contributed by atoms with Gasteiger partial charge >= 0.3 is 19.5 Å². The molecule has 0 unspecified atom stereocenters. The minimum Gasteiger partial charge on any atom is -0.405 e. The van der Waals surface area contributed by atoms with Crippen molar-refractivity contribution in [1.82, 2.24) is 0 Å². The van der Waals surface area contributed by atoms with Gasteiger partial charge in [-0.05, 0) is 11.5 Å². The van der Waals surface area contributed by atoms with E-state index in [2.05, 4.69) is 0 Å². The molecular formula is C10H7BF6O2. The first-order valence-electron chi connectivity index (χ1n) is 5.20. The van der Waals surface area contributed by atoms with Crippen LogP contribution in [0.2, 0.25) is 0 Å². The summed E-state index contributed by atoms with van der Waals surface area (Å²) < 4.78 is 85.3. The van der Waals surface area contributed by atoms with Gasteiger partial charge in [0.05, 0.1) is 24.3 Å². The van der Waals surface area contributed by atoms with Gasteiger partial charge < -0.3 is 9.31 Å². The van der Waals surface area contributed by atoms with Gasteiger partial charge in [0.2, 0.25) is 0 Å². The summed E-state index contributed by atoms with van der Waals surface area (Å²) in [6, 6.07) is 1.27. The highest BCUT2D eigenvalue weighted by atomic mass is 19.4. The Morgan fingerprint density at radius 2 is 1.21 bits per heavy atom. The predicted octanol–water partition coefficient (Wildman–Crippen LogP) is 2.47. The lowest BCUT2D eigenvalue weighted by atomic mass is 9.77. The van der Waals surface area contributed by atoms with Gasteiger partial charge in [-0.3, -0.25) is 0 Å². The molecule has 0 aromatic heterocycles. The number of benzene rings is 1. The summed E-state index contributed by atoms with van der Waals surface area (Å²) in [5, 5.41) is 0. The molecule has 2 rings (SSSR count). The Morgan fingerprint density at radius 3 is 1.58 bits per heavy atom. The first-order chi connectivity index (χ1) is 8.68. The Kier molecular flexibility index (Phi) is 3.52. The molecule has 9 heteroatoms. The van der Waals surface area contributed by atoms with E-state index in [0.29, 0.717) is 12.1 Å². The van der Waals surface area contributed by atoms with E-state index in [4.69, 9.17) is 9.31 Å². The quantitative estimate of drug-likeness (QED) is 0.582. The van der Waals surface area contributed by atoms with Crippen molar-refractivity contribution in [3.8, 4) is 0 Å². The topological polar surface area (TPSA) is 18.5 Å². The molecule has 104 valence electrons. The second-order valence-electron chi connectivity index (χ2n) is 3.91. The van der Waals surface area contributed by atoms with Crippen LogP contribution in [0.5, 0.6) is 0 Å². The number of alkyl halides is 6. The summed E-state index contributed by atoms with van der Waals surface area (Å²) in [6.07, 6.45) is -9.73. The monoisotopic (exact) mass is 284 g/mol.